The lowest BCUT2D eigenvalue weighted by Gasteiger charge is -2.41. The van der Waals surface area contributed by atoms with Crippen LogP contribution in [0.25, 0.3) is 28.5 Å². The van der Waals surface area contributed by atoms with Crippen molar-refractivity contribution in [2.24, 2.45) is 23.7 Å². The Morgan fingerprint density at radius 1 is 0.912 bits per heavy atom. The molecule has 2 heterocycles. The SMILES string of the molecule is CC1C=Cc2oc3c(c2C1)C(C)CC(C1C=CC2=C4c5c(ccc6cccc(c56)O2)C=CC41)C3. The van der Waals surface area contributed by atoms with E-state index in [1.165, 1.54) is 50.8 Å². The van der Waals surface area contributed by atoms with Crippen molar-refractivity contribution in [2.45, 2.75) is 39.0 Å². The summed E-state index contributed by atoms with van der Waals surface area (Å²) in [6.07, 6.45) is 17.4. The molecule has 0 fully saturated rings. The number of hydrogen-bond acceptors (Lipinski definition) is 2. The van der Waals surface area contributed by atoms with Crippen LogP contribution in [-0.2, 0) is 12.8 Å². The van der Waals surface area contributed by atoms with Gasteiger partial charge in [0.05, 0.1) is 0 Å². The van der Waals surface area contributed by atoms with Crippen LogP contribution in [0.1, 0.15) is 60.0 Å². The predicted molar refractivity (Wildman–Crippen MR) is 137 cm³/mol. The number of allylic oxidation sites excluding steroid dienone is 5. The molecule has 0 saturated carbocycles. The molecular weight excluding hydrogens is 416 g/mol. The Morgan fingerprint density at radius 3 is 2.79 bits per heavy atom. The Morgan fingerprint density at radius 2 is 1.85 bits per heavy atom. The molecule has 0 N–H and O–H groups in total. The van der Waals surface area contributed by atoms with Gasteiger partial charge in [-0.25, -0.2) is 0 Å². The summed E-state index contributed by atoms with van der Waals surface area (Å²) in [5.41, 5.74) is 7.10. The van der Waals surface area contributed by atoms with Gasteiger partial charge >= 0.3 is 0 Å². The van der Waals surface area contributed by atoms with Gasteiger partial charge < -0.3 is 9.15 Å². The molecule has 34 heavy (non-hydrogen) atoms. The molecule has 3 aromatic rings. The van der Waals surface area contributed by atoms with E-state index in [1.807, 2.05) is 0 Å². The zero-order valence-electron chi connectivity index (χ0n) is 19.7. The van der Waals surface area contributed by atoms with Gasteiger partial charge in [-0.2, -0.15) is 0 Å². The first-order chi connectivity index (χ1) is 16.7. The Labute approximate surface area is 200 Å². The minimum absolute atomic E-state index is 0.356. The third-order valence-electron chi connectivity index (χ3n) is 8.89. The van der Waals surface area contributed by atoms with Crippen LogP contribution in [-0.4, -0.2) is 0 Å². The van der Waals surface area contributed by atoms with Crippen LogP contribution in [0.4, 0.5) is 0 Å². The van der Waals surface area contributed by atoms with Gasteiger partial charge in [-0.05, 0) is 65.7 Å². The van der Waals surface area contributed by atoms with Gasteiger partial charge in [0.1, 0.15) is 23.0 Å². The maximum Gasteiger partial charge on any atom is 0.135 e. The molecule has 1 aliphatic heterocycles. The van der Waals surface area contributed by atoms with Crippen LogP contribution in [0.5, 0.6) is 5.75 Å². The maximum atomic E-state index is 6.48. The lowest BCUT2D eigenvalue weighted by molar-refractivity contribution is 0.271. The Kier molecular flexibility index (Phi) is 3.74. The van der Waals surface area contributed by atoms with Crippen molar-refractivity contribution in [2.75, 3.05) is 0 Å². The molecule has 2 heteroatoms. The van der Waals surface area contributed by atoms with E-state index in [2.05, 4.69) is 80.6 Å². The van der Waals surface area contributed by atoms with Crippen molar-refractivity contribution in [3.63, 3.8) is 0 Å². The summed E-state index contributed by atoms with van der Waals surface area (Å²) >= 11 is 0. The number of benzene rings is 2. The van der Waals surface area contributed by atoms with Crippen molar-refractivity contribution in [1.82, 2.24) is 0 Å². The molecule has 2 aromatic carbocycles. The lowest BCUT2D eigenvalue weighted by atomic mass is 9.64. The van der Waals surface area contributed by atoms with Gasteiger partial charge in [0.25, 0.3) is 0 Å². The fourth-order valence-corrected chi connectivity index (χ4v) is 7.47. The third-order valence-corrected chi connectivity index (χ3v) is 8.89. The second kappa shape index (κ2) is 6.66. The molecule has 0 saturated heterocycles. The van der Waals surface area contributed by atoms with Crippen molar-refractivity contribution in [1.29, 1.82) is 0 Å². The largest absolute Gasteiger partial charge is 0.461 e. The maximum absolute atomic E-state index is 6.48. The molecule has 2 nitrogen and oxygen atoms in total. The molecule has 0 radical (unpaired) electrons. The molecule has 5 aliphatic rings. The lowest BCUT2D eigenvalue weighted by Crippen LogP contribution is -2.32. The Hall–Kier alpha value is -3.26. The van der Waals surface area contributed by atoms with E-state index < -0.39 is 0 Å². The van der Waals surface area contributed by atoms with Gasteiger partial charge in [0.2, 0.25) is 0 Å². The van der Waals surface area contributed by atoms with Crippen molar-refractivity contribution < 1.29 is 9.15 Å². The van der Waals surface area contributed by atoms with E-state index in [0.717, 1.165) is 30.1 Å². The highest BCUT2D eigenvalue weighted by Gasteiger charge is 2.42. The molecule has 5 atom stereocenters. The van der Waals surface area contributed by atoms with Crippen LogP contribution in [0.3, 0.4) is 0 Å². The quantitative estimate of drug-likeness (QED) is 0.380. The monoisotopic (exact) mass is 444 g/mol. The number of ether oxygens (including phenoxy) is 1. The van der Waals surface area contributed by atoms with Crippen LogP contribution < -0.4 is 4.74 Å². The molecule has 168 valence electrons. The van der Waals surface area contributed by atoms with Gasteiger partial charge in [-0.1, -0.05) is 62.4 Å². The number of hydrogen-bond donors (Lipinski definition) is 0. The van der Waals surface area contributed by atoms with Crippen molar-refractivity contribution in [3.05, 3.63) is 94.2 Å². The molecule has 1 aromatic heterocycles. The number of furan rings is 1. The van der Waals surface area contributed by atoms with Crippen LogP contribution in [0.15, 0.2) is 64.8 Å². The zero-order chi connectivity index (χ0) is 22.6. The molecule has 0 spiro atoms. The van der Waals surface area contributed by atoms with Gasteiger partial charge in [-0.3, -0.25) is 0 Å². The molecule has 0 amide bonds. The predicted octanol–water partition coefficient (Wildman–Crippen LogP) is 7.94. The van der Waals surface area contributed by atoms with Gasteiger partial charge in [0.15, 0.2) is 0 Å². The molecular formula is C32H28O2. The summed E-state index contributed by atoms with van der Waals surface area (Å²) in [6.45, 7) is 4.72. The smallest absolute Gasteiger partial charge is 0.135 e. The standard InChI is InChI=1S/C32H28O2/c1-17-6-12-25-24(14-17)29-18(2)15-21(16-28(29)33-25)22-11-13-27-32-23(22)10-9-20-8-7-19-4-3-5-26(34-27)30(19)31(20)32/h3-13,17-18,21-23H,14-16H2,1-2H3. The van der Waals surface area contributed by atoms with E-state index in [1.54, 1.807) is 0 Å². The topological polar surface area (TPSA) is 22.4 Å². The highest BCUT2D eigenvalue weighted by atomic mass is 16.5. The molecule has 4 aliphatic carbocycles. The molecule has 8 rings (SSSR count). The third kappa shape index (κ3) is 2.46. The second-order valence-corrected chi connectivity index (χ2v) is 11.0. The first-order valence-electron chi connectivity index (χ1n) is 12.8. The van der Waals surface area contributed by atoms with Crippen molar-refractivity contribution >= 4 is 28.5 Å². The summed E-state index contributed by atoms with van der Waals surface area (Å²) in [5.74, 6) is 6.91. The second-order valence-electron chi connectivity index (χ2n) is 11.0. The van der Waals surface area contributed by atoms with E-state index in [0.29, 0.717) is 29.6 Å². The van der Waals surface area contributed by atoms with Crippen LogP contribution in [0, 0.1) is 23.7 Å². The summed E-state index contributed by atoms with van der Waals surface area (Å²) in [7, 11) is 0. The summed E-state index contributed by atoms with van der Waals surface area (Å²) in [4.78, 5) is 0. The fourth-order valence-electron chi connectivity index (χ4n) is 7.47. The summed E-state index contributed by atoms with van der Waals surface area (Å²) < 4.78 is 13.0. The van der Waals surface area contributed by atoms with Crippen LogP contribution >= 0.6 is 0 Å². The summed E-state index contributed by atoms with van der Waals surface area (Å²) in [6, 6.07) is 10.9. The highest BCUT2D eigenvalue weighted by Crippen LogP contribution is 2.54. The molecule has 0 bridgehead atoms. The van der Waals surface area contributed by atoms with E-state index >= 15 is 0 Å². The zero-order valence-corrected chi connectivity index (χ0v) is 19.7. The molecule has 5 unspecified atom stereocenters. The number of rotatable bonds is 1. The Bertz CT molecular complexity index is 1510. The van der Waals surface area contributed by atoms with E-state index in [4.69, 9.17) is 9.15 Å². The fraction of sp³-hybridized carbons (Fsp3) is 0.312. The summed E-state index contributed by atoms with van der Waals surface area (Å²) in [5, 5.41) is 2.54. The minimum Gasteiger partial charge on any atom is -0.461 e. The first kappa shape index (κ1) is 19.1. The number of fused-ring (bicyclic) bond motifs is 3. The average Bonchev–Trinajstić information content (AvgIpc) is 3.22. The highest BCUT2D eigenvalue weighted by molar-refractivity contribution is 6.05. The van der Waals surface area contributed by atoms with Crippen molar-refractivity contribution in [3.8, 4) is 5.75 Å². The average molecular weight is 445 g/mol. The van der Waals surface area contributed by atoms with Gasteiger partial charge in [0, 0.05) is 40.0 Å². The van der Waals surface area contributed by atoms with Gasteiger partial charge in [-0.15, -0.1) is 0 Å². The minimum atomic E-state index is 0.356. The van der Waals surface area contributed by atoms with E-state index in [-0.39, 0.29) is 0 Å². The van der Waals surface area contributed by atoms with Crippen LogP contribution in [0.2, 0.25) is 0 Å². The Balaban J connectivity index is 1.21. The first-order valence-corrected chi connectivity index (χ1v) is 12.8. The van der Waals surface area contributed by atoms with E-state index in [9.17, 15) is 0 Å². The normalized spacial score (nSPS) is 29.8.